The first kappa shape index (κ1) is 17.1. The number of esters is 1. The van der Waals surface area contributed by atoms with Crippen LogP contribution in [0, 0.1) is 0 Å². The van der Waals surface area contributed by atoms with Gasteiger partial charge in [0.05, 0.1) is 17.2 Å². The van der Waals surface area contributed by atoms with Gasteiger partial charge in [0.1, 0.15) is 5.70 Å². The molecule has 1 saturated heterocycles. The van der Waals surface area contributed by atoms with Gasteiger partial charge in [-0.05, 0) is 23.8 Å². The zero-order chi connectivity index (χ0) is 17.1. The summed E-state index contributed by atoms with van der Waals surface area (Å²) in [5.41, 5.74) is 0.595. The van der Waals surface area contributed by atoms with E-state index in [1.807, 2.05) is 0 Å². The van der Waals surface area contributed by atoms with Gasteiger partial charge in [-0.3, -0.25) is 9.69 Å². The average molecular weight is 359 g/mol. The van der Waals surface area contributed by atoms with Gasteiger partial charge in [-0.25, -0.2) is 9.59 Å². The van der Waals surface area contributed by atoms with Crippen LogP contribution in [0.4, 0.5) is 4.79 Å². The number of likely N-dealkylation sites (N-methyl/N-ethyl adjacent to an activating group) is 1. The molecule has 0 unspecified atom stereocenters. The molecule has 2 rings (SSSR count). The summed E-state index contributed by atoms with van der Waals surface area (Å²) in [6, 6.07) is 2.46. The maximum Gasteiger partial charge on any atom is 0.343 e. The highest BCUT2D eigenvalue weighted by atomic mass is 35.5. The van der Waals surface area contributed by atoms with Crippen molar-refractivity contribution in [2.45, 2.75) is 0 Å². The Hall–Kier alpha value is -2.25. The third kappa shape index (κ3) is 3.75. The fraction of sp³-hybridized carbons (Fsp3) is 0.214. The third-order valence-corrected chi connectivity index (χ3v) is 3.54. The Morgan fingerprint density at radius 3 is 2.39 bits per heavy atom. The smallest absolute Gasteiger partial charge is 0.343 e. The maximum absolute atomic E-state index is 11.8. The van der Waals surface area contributed by atoms with Crippen LogP contribution in [0.15, 0.2) is 17.8 Å². The molecule has 9 heteroatoms. The van der Waals surface area contributed by atoms with Crippen molar-refractivity contribution in [3.8, 4) is 5.75 Å². The predicted molar refractivity (Wildman–Crippen MR) is 83.3 cm³/mol. The Morgan fingerprint density at radius 1 is 1.30 bits per heavy atom. The van der Waals surface area contributed by atoms with Gasteiger partial charge in [0.2, 0.25) is 0 Å². The van der Waals surface area contributed by atoms with E-state index in [0.717, 1.165) is 4.90 Å². The van der Waals surface area contributed by atoms with E-state index in [1.54, 1.807) is 0 Å². The van der Waals surface area contributed by atoms with Crippen molar-refractivity contribution < 1.29 is 23.9 Å². The standard InChI is InChI=1S/C14H12Cl2N2O5/c1-18-13(20)10(17-14(18)21)5-7-3-8(15)12(9(16)4-7)23-6-11(19)22-2/h3-5H,6H2,1-2H3,(H,17,21)/b10-5+. The van der Waals surface area contributed by atoms with Crippen LogP contribution in [0.1, 0.15) is 5.56 Å². The van der Waals surface area contributed by atoms with Gasteiger partial charge in [0, 0.05) is 7.05 Å². The van der Waals surface area contributed by atoms with Gasteiger partial charge in [0.25, 0.3) is 5.91 Å². The van der Waals surface area contributed by atoms with E-state index in [1.165, 1.54) is 32.4 Å². The molecule has 0 bridgehead atoms. The number of rotatable bonds is 4. The molecule has 0 saturated carbocycles. The number of urea groups is 1. The first-order valence-electron chi connectivity index (χ1n) is 6.33. The molecule has 0 spiro atoms. The molecule has 7 nitrogen and oxygen atoms in total. The van der Waals surface area contributed by atoms with E-state index in [4.69, 9.17) is 27.9 Å². The first-order valence-corrected chi connectivity index (χ1v) is 7.08. The molecular formula is C14H12Cl2N2O5. The molecule has 23 heavy (non-hydrogen) atoms. The average Bonchev–Trinajstić information content (AvgIpc) is 2.73. The summed E-state index contributed by atoms with van der Waals surface area (Å²) in [4.78, 5) is 35.2. The summed E-state index contributed by atoms with van der Waals surface area (Å²) in [6.07, 6.45) is 1.44. The van der Waals surface area contributed by atoms with Crippen LogP contribution in [0.2, 0.25) is 10.0 Å². The number of nitrogens with one attached hydrogen (secondary N) is 1. The first-order chi connectivity index (χ1) is 10.8. The summed E-state index contributed by atoms with van der Waals surface area (Å²) >= 11 is 12.1. The van der Waals surface area contributed by atoms with E-state index in [0.29, 0.717) is 5.56 Å². The molecule has 1 heterocycles. The van der Waals surface area contributed by atoms with E-state index >= 15 is 0 Å². The zero-order valence-electron chi connectivity index (χ0n) is 12.2. The van der Waals surface area contributed by atoms with Crippen LogP contribution in [0.25, 0.3) is 6.08 Å². The number of imide groups is 1. The number of benzene rings is 1. The van der Waals surface area contributed by atoms with E-state index in [-0.39, 0.29) is 28.1 Å². The highest BCUT2D eigenvalue weighted by molar-refractivity contribution is 6.37. The highest BCUT2D eigenvalue weighted by Gasteiger charge is 2.30. The molecule has 0 radical (unpaired) electrons. The second kappa shape index (κ2) is 6.89. The van der Waals surface area contributed by atoms with Crippen molar-refractivity contribution in [2.24, 2.45) is 0 Å². The van der Waals surface area contributed by atoms with Gasteiger partial charge in [-0.1, -0.05) is 23.2 Å². The van der Waals surface area contributed by atoms with Crippen LogP contribution < -0.4 is 10.1 Å². The number of amides is 3. The number of carbonyl (C=O) groups excluding carboxylic acids is 3. The lowest BCUT2D eigenvalue weighted by molar-refractivity contribution is -0.142. The van der Waals surface area contributed by atoms with Crippen LogP contribution in [0.5, 0.6) is 5.75 Å². The van der Waals surface area contributed by atoms with Crippen LogP contribution >= 0.6 is 23.2 Å². The lowest BCUT2D eigenvalue weighted by atomic mass is 10.2. The Morgan fingerprint density at radius 2 is 1.91 bits per heavy atom. The van der Waals surface area contributed by atoms with Crippen molar-refractivity contribution in [1.29, 1.82) is 0 Å². The number of ether oxygens (including phenoxy) is 2. The molecule has 1 fully saturated rings. The lowest BCUT2D eigenvalue weighted by Crippen LogP contribution is -2.25. The van der Waals surface area contributed by atoms with Crippen molar-refractivity contribution in [3.05, 3.63) is 33.4 Å². The van der Waals surface area contributed by atoms with E-state index in [2.05, 4.69) is 10.1 Å². The lowest BCUT2D eigenvalue weighted by Gasteiger charge is -2.10. The Bertz CT molecular complexity index is 694. The minimum Gasteiger partial charge on any atom is -0.479 e. The zero-order valence-corrected chi connectivity index (χ0v) is 13.7. The summed E-state index contributed by atoms with van der Waals surface area (Å²) in [5, 5.41) is 2.73. The minimum atomic E-state index is -0.578. The molecule has 0 aromatic heterocycles. The fourth-order valence-corrected chi connectivity index (χ4v) is 2.39. The van der Waals surface area contributed by atoms with Gasteiger partial charge in [-0.2, -0.15) is 0 Å². The number of hydrogen-bond donors (Lipinski definition) is 1. The number of nitrogens with zero attached hydrogens (tertiary/aromatic N) is 1. The van der Waals surface area contributed by atoms with Gasteiger partial charge in [0.15, 0.2) is 12.4 Å². The highest BCUT2D eigenvalue weighted by Crippen LogP contribution is 2.35. The fourth-order valence-electron chi connectivity index (χ4n) is 1.78. The van der Waals surface area contributed by atoms with Gasteiger partial charge in [-0.15, -0.1) is 0 Å². The number of methoxy groups -OCH3 is 1. The topological polar surface area (TPSA) is 84.9 Å². The normalized spacial score (nSPS) is 15.8. The number of hydrogen-bond acceptors (Lipinski definition) is 5. The van der Waals surface area contributed by atoms with Crippen molar-refractivity contribution in [1.82, 2.24) is 10.2 Å². The van der Waals surface area contributed by atoms with Crippen LogP contribution in [-0.2, 0) is 14.3 Å². The summed E-state index contributed by atoms with van der Waals surface area (Å²) in [5.74, 6) is -0.918. The van der Waals surface area contributed by atoms with Crippen LogP contribution in [-0.4, -0.2) is 43.6 Å². The van der Waals surface area contributed by atoms with E-state index < -0.39 is 17.9 Å². The molecule has 122 valence electrons. The Balaban J connectivity index is 2.25. The Labute approximate surface area is 141 Å². The minimum absolute atomic E-state index is 0.105. The van der Waals surface area contributed by atoms with Gasteiger partial charge >= 0.3 is 12.0 Å². The summed E-state index contributed by atoms with van der Waals surface area (Å²) < 4.78 is 9.65. The quantitative estimate of drug-likeness (QED) is 0.505. The molecule has 1 aliphatic heterocycles. The third-order valence-electron chi connectivity index (χ3n) is 2.97. The molecule has 1 N–H and O–H groups in total. The second-order valence-corrected chi connectivity index (χ2v) is 5.35. The largest absolute Gasteiger partial charge is 0.479 e. The summed E-state index contributed by atoms with van der Waals surface area (Å²) in [7, 11) is 2.59. The molecule has 0 aliphatic carbocycles. The van der Waals surface area contributed by atoms with Gasteiger partial charge < -0.3 is 14.8 Å². The van der Waals surface area contributed by atoms with Crippen molar-refractivity contribution in [3.63, 3.8) is 0 Å². The molecular weight excluding hydrogens is 347 g/mol. The SMILES string of the molecule is COC(=O)COc1c(Cl)cc(/C=C2/NC(=O)N(C)C2=O)cc1Cl. The maximum atomic E-state index is 11.8. The number of carbonyl (C=O) groups is 3. The molecule has 0 atom stereocenters. The summed E-state index contributed by atoms with van der Waals surface area (Å²) in [6.45, 7) is -0.338. The monoisotopic (exact) mass is 358 g/mol. The molecule has 1 aromatic rings. The Kier molecular flexibility index (Phi) is 5.12. The van der Waals surface area contributed by atoms with Crippen LogP contribution in [0.3, 0.4) is 0 Å². The predicted octanol–water partition coefficient (Wildman–Crippen LogP) is 2.07. The molecule has 1 aromatic carbocycles. The molecule has 3 amide bonds. The molecule has 1 aliphatic rings. The van der Waals surface area contributed by atoms with Crippen molar-refractivity contribution >= 4 is 47.2 Å². The second-order valence-electron chi connectivity index (χ2n) is 4.53. The van der Waals surface area contributed by atoms with Crippen molar-refractivity contribution in [2.75, 3.05) is 20.8 Å². The van der Waals surface area contributed by atoms with E-state index in [9.17, 15) is 14.4 Å². The number of halogens is 2.